The summed E-state index contributed by atoms with van der Waals surface area (Å²) in [5.74, 6) is 0.916. The van der Waals surface area contributed by atoms with Gasteiger partial charge in [0.2, 0.25) is 0 Å². The normalized spacial score (nSPS) is 17.6. The Balaban J connectivity index is 1.91. The molecule has 1 aromatic heterocycles. The topological polar surface area (TPSA) is 50.9 Å². The van der Waals surface area contributed by atoms with Crippen LogP contribution in [0.15, 0.2) is 34.9 Å². The van der Waals surface area contributed by atoms with E-state index in [1.54, 1.807) is 0 Å². The molecule has 0 bridgehead atoms. The van der Waals surface area contributed by atoms with Crippen molar-refractivity contribution in [1.29, 1.82) is 0 Å². The van der Waals surface area contributed by atoms with Gasteiger partial charge in [-0.3, -0.25) is 0 Å². The summed E-state index contributed by atoms with van der Waals surface area (Å²) in [5, 5.41) is 3.57. The highest BCUT2D eigenvalue weighted by atomic mass is 79.9. The highest BCUT2D eigenvalue weighted by Gasteiger charge is 2.21. The Hall–Kier alpha value is -1.55. The molecule has 0 saturated heterocycles. The third-order valence-electron chi connectivity index (χ3n) is 3.87. The number of nitrogens with zero attached hydrogens (tertiary/aromatic N) is 1. The number of benzene rings is 1. The van der Waals surface area contributed by atoms with Gasteiger partial charge in [0.25, 0.3) is 0 Å². The number of fused-ring (bicyclic) bond motifs is 1. The number of nitrogens with one attached hydrogen (secondary N) is 1. The number of aryl methyl sites for hydroxylation is 2. The van der Waals surface area contributed by atoms with E-state index >= 15 is 0 Å². The second-order valence-electron chi connectivity index (χ2n) is 5.34. The molecule has 3 rings (SSSR count). The number of pyridine rings is 1. The van der Waals surface area contributed by atoms with E-state index in [1.165, 1.54) is 23.1 Å². The second kappa shape index (κ2) is 5.44. The minimum Gasteiger partial charge on any atom is -0.399 e. The van der Waals surface area contributed by atoms with Crippen molar-refractivity contribution in [2.45, 2.75) is 32.2 Å². The summed E-state index contributed by atoms with van der Waals surface area (Å²) >= 11 is 3.61. The van der Waals surface area contributed by atoms with Crippen molar-refractivity contribution in [1.82, 2.24) is 4.98 Å². The Morgan fingerprint density at radius 1 is 1.35 bits per heavy atom. The van der Waals surface area contributed by atoms with Crippen molar-refractivity contribution in [2.24, 2.45) is 0 Å². The van der Waals surface area contributed by atoms with Gasteiger partial charge < -0.3 is 11.1 Å². The first kappa shape index (κ1) is 13.4. The van der Waals surface area contributed by atoms with Gasteiger partial charge in [-0.05, 0) is 77.0 Å². The van der Waals surface area contributed by atoms with Crippen LogP contribution in [0.5, 0.6) is 0 Å². The molecular weight excluding hydrogens is 314 g/mol. The molecule has 20 heavy (non-hydrogen) atoms. The Bertz CT molecular complexity index is 640. The van der Waals surface area contributed by atoms with Gasteiger partial charge in [0, 0.05) is 11.9 Å². The molecule has 1 heterocycles. The van der Waals surface area contributed by atoms with Gasteiger partial charge in [0.15, 0.2) is 0 Å². The van der Waals surface area contributed by atoms with Gasteiger partial charge in [0.1, 0.15) is 5.82 Å². The highest BCUT2D eigenvalue weighted by molar-refractivity contribution is 9.10. The molecule has 0 saturated carbocycles. The van der Waals surface area contributed by atoms with E-state index in [0.29, 0.717) is 6.04 Å². The highest BCUT2D eigenvalue weighted by Crippen LogP contribution is 2.35. The summed E-state index contributed by atoms with van der Waals surface area (Å²) in [6.07, 6.45) is 5.26. The number of nitrogens with two attached hydrogens (primary N) is 1. The minimum absolute atomic E-state index is 0.310. The molecule has 104 valence electrons. The van der Waals surface area contributed by atoms with Crippen LogP contribution in [0.4, 0.5) is 11.5 Å². The van der Waals surface area contributed by atoms with Crippen LogP contribution in [-0.4, -0.2) is 4.98 Å². The number of nitrogen functional groups attached to an aromatic ring is 1. The summed E-state index contributed by atoms with van der Waals surface area (Å²) in [6.45, 7) is 2.08. The Kier molecular flexibility index (Phi) is 3.66. The molecule has 1 aliphatic rings. The van der Waals surface area contributed by atoms with Gasteiger partial charge in [0.05, 0.1) is 10.5 Å². The average molecular weight is 332 g/mol. The molecule has 3 N–H and O–H groups in total. The van der Waals surface area contributed by atoms with Gasteiger partial charge >= 0.3 is 0 Å². The molecule has 1 aliphatic carbocycles. The summed E-state index contributed by atoms with van der Waals surface area (Å²) < 4.78 is 1.04. The molecule has 1 unspecified atom stereocenters. The zero-order valence-corrected chi connectivity index (χ0v) is 13.1. The molecule has 0 radical (unpaired) electrons. The minimum atomic E-state index is 0.310. The first-order valence-electron chi connectivity index (χ1n) is 6.91. The molecule has 0 spiro atoms. The molecule has 3 nitrogen and oxygen atoms in total. The summed E-state index contributed by atoms with van der Waals surface area (Å²) in [4.78, 5) is 4.44. The number of halogens is 1. The van der Waals surface area contributed by atoms with E-state index in [1.807, 2.05) is 18.3 Å². The third-order valence-corrected chi connectivity index (χ3v) is 4.88. The number of hydrogen-bond donors (Lipinski definition) is 2. The van der Waals surface area contributed by atoms with Crippen molar-refractivity contribution in [3.8, 4) is 0 Å². The van der Waals surface area contributed by atoms with Gasteiger partial charge in [-0.25, -0.2) is 4.98 Å². The number of anilines is 2. The monoisotopic (exact) mass is 331 g/mol. The lowest BCUT2D eigenvalue weighted by Gasteiger charge is -2.27. The van der Waals surface area contributed by atoms with E-state index < -0.39 is 0 Å². The van der Waals surface area contributed by atoms with Crippen molar-refractivity contribution < 1.29 is 0 Å². The van der Waals surface area contributed by atoms with E-state index in [0.717, 1.165) is 28.8 Å². The smallest absolute Gasteiger partial charge is 0.141 e. The predicted molar refractivity (Wildman–Crippen MR) is 86.8 cm³/mol. The Morgan fingerprint density at radius 2 is 2.20 bits per heavy atom. The van der Waals surface area contributed by atoms with Crippen LogP contribution in [0, 0.1) is 6.92 Å². The first-order chi connectivity index (χ1) is 9.65. The molecule has 1 aromatic carbocycles. The zero-order chi connectivity index (χ0) is 14.1. The Labute approximate surface area is 127 Å². The van der Waals surface area contributed by atoms with Crippen LogP contribution in [0.25, 0.3) is 0 Å². The van der Waals surface area contributed by atoms with Crippen LogP contribution < -0.4 is 11.1 Å². The third kappa shape index (κ3) is 2.52. The maximum atomic E-state index is 5.88. The fourth-order valence-electron chi connectivity index (χ4n) is 2.79. The van der Waals surface area contributed by atoms with Gasteiger partial charge in [-0.2, -0.15) is 0 Å². The van der Waals surface area contributed by atoms with Crippen molar-refractivity contribution in [3.63, 3.8) is 0 Å². The molecule has 4 heteroatoms. The van der Waals surface area contributed by atoms with Gasteiger partial charge in [-0.1, -0.05) is 6.07 Å². The lowest BCUT2D eigenvalue weighted by molar-refractivity contribution is 0.598. The molecule has 0 aliphatic heterocycles. The Morgan fingerprint density at radius 3 is 3.05 bits per heavy atom. The quantitative estimate of drug-likeness (QED) is 0.810. The van der Waals surface area contributed by atoms with Crippen molar-refractivity contribution in [2.75, 3.05) is 11.1 Å². The number of hydrogen-bond acceptors (Lipinski definition) is 3. The fraction of sp³-hybridized carbons (Fsp3) is 0.312. The van der Waals surface area contributed by atoms with Gasteiger partial charge in [-0.15, -0.1) is 0 Å². The summed E-state index contributed by atoms with van der Waals surface area (Å²) in [5.41, 5.74) is 10.6. The summed E-state index contributed by atoms with van der Waals surface area (Å²) in [6, 6.07) is 8.54. The molecule has 0 fully saturated rings. The largest absolute Gasteiger partial charge is 0.399 e. The maximum absolute atomic E-state index is 5.88. The van der Waals surface area contributed by atoms with E-state index in [4.69, 9.17) is 5.73 Å². The molecular formula is C16H18BrN3. The molecule has 0 amide bonds. The molecule has 2 aromatic rings. The van der Waals surface area contributed by atoms with Crippen molar-refractivity contribution in [3.05, 3.63) is 51.6 Å². The fourth-order valence-corrected chi connectivity index (χ4v) is 3.14. The average Bonchev–Trinajstić information content (AvgIpc) is 2.44. The van der Waals surface area contributed by atoms with Crippen LogP contribution >= 0.6 is 15.9 Å². The van der Waals surface area contributed by atoms with E-state index in [-0.39, 0.29) is 0 Å². The summed E-state index contributed by atoms with van der Waals surface area (Å²) in [7, 11) is 0. The SMILES string of the molecule is Cc1ccnc(NC2CCCc3cc(N)ccc32)c1Br. The van der Waals surface area contributed by atoms with Crippen LogP contribution in [0.3, 0.4) is 0 Å². The maximum Gasteiger partial charge on any atom is 0.141 e. The first-order valence-corrected chi connectivity index (χ1v) is 7.70. The number of rotatable bonds is 2. The van der Waals surface area contributed by atoms with E-state index in [2.05, 4.69) is 45.3 Å². The van der Waals surface area contributed by atoms with Crippen LogP contribution in [0.2, 0.25) is 0 Å². The zero-order valence-electron chi connectivity index (χ0n) is 11.5. The van der Waals surface area contributed by atoms with Crippen molar-refractivity contribution >= 4 is 27.4 Å². The lowest BCUT2D eigenvalue weighted by Crippen LogP contribution is -2.18. The lowest BCUT2D eigenvalue weighted by atomic mass is 9.87. The van der Waals surface area contributed by atoms with Crippen LogP contribution in [-0.2, 0) is 6.42 Å². The number of aromatic nitrogens is 1. The standard InChI is InChI=1S/C16H18BrN3/c1-10-7-8-19-16(15(10)17)20-14-4-2-3-11-9-12(18)5-6-13(11)14/h5-9,14H,2-4,18H2,1H3,(H,19,20). The van der Waals surface area contributed by atoms with E-state index in [9.17, 15) is 0 Å². The molecule has 1 atom stereocenters. The second-order valence-corrected chi connectivity index (χ2v) is 6.13. The predicted octanol–water partition coefficient (Wildman–Crippen LogP) is 4.22. The van der Waals surface area contributed by atoms with Crippen LogP contribution in [0.1, 0.15) is 35.6 Å².